The second-order valence-corrected chi connectivity index (χ2v) is 3.34. The van der Waals surface area contributed by atoms with E-state index in [1.807, 2.05) is 0 Å². The number of hydrogen-bond donors (Lipinski definition) is 2. The summed E-state index contributed by atoms with van der Waals surface area (Å²) in [5.41, 5.74) is 0.540. The molecule has 0 bridgehead atoms. The van der Waals surface area contributed by atoms with E-state index in [9.17, 15) is 10.1 Å². The maximum atomic E-state index is 10.8. The second kappa shape index (κ2) is 6.77. The average molecular weight is 241 g/mol. The van der Waals surface area contributed by atoms with Gasteiger partial charge in [0.1, 0.15) is 0 Å². The van der Waals surface area contributed by atoms with Crippen molar-refractivity contribution < 1.29 is 14.8 Å². The summed E-state index contributed by atoms with van der Waals surface area (Å²) in [4.78, 5) is 14.3. The molecule has 0 unspecified atom stereocenters. The highest BCUT2D eigenvalue weighted by Crippen LogP contribution is 2.24. The lowest BCUT2D eigenvalue weighted by Crippen LogP contribution is -2.13. The van der Waals surface area contributed by atoms with Crippen molar-refractivity contribution in [2.24, 2.45) is 0 Å². The smallest absolute Gasteiger partial charge is 0.314 e. The molecule has 2 N–H and O–H groups in total. The van der Waals surface area contributed by atoms with Gasteiger partial charge in [0.15, 0.2) is 0 Å². The van der Waals surface area contributed by atoms with Crippen LogP contribution in [-0.4, -0.2) is 41.4 Å². The summed E-state index contributed by atoms with van der Waals surface area (Å²) in [6, 6.07) is 1.59. The molecule has 0 saturated heterocycles. The average Bonchev–Trinajstić information content (AvgIpc) is 2.28. The molecule has 0 fully saturated rings. The van der Waals surface area contributed by atoms with Gasteiger partial charge in [-0.25, -0.2) is 4.98 Å². The molecule has 7 heteroatoms. The number of anilines is 1. The summed E-state index contributed by atoms with van der Waals surface area (Å²) >= 11 is 0. The monoisotopic (exact) mass is 241 g/mol. The molecular weight excluding hydrogens is 226 g/mol. The summed E-state index contributed by atoms with van der Waals surface area (Å²) in [5.74, 6) is 0.239. The molecule has 0 amide bonds. The molecule has 0 spiro atoms. The Hall–Kier alpha value is -1.73. The number of aromatic nitrogens is 1. The van der Waals surface area contributed by atoms with Crippen LogP contribution in [-0.2, 0) is 4.74 Å². The normalized spacial score (nSPS) is 10.2. The summed E-state index contributed by atoms with van der Waals surface area (Å²) in [5, 5.41) is 22.2. The van der Waals surface area contributed by atoms with Crippen LogP contribution < -0.4 is 5.32 Å². The van der Waals surface area contributed by atoms with E-state index in [0.717, 1.165) is 0 Å². The minimum absolute atomic E-state index is 0.0188. The molecule has 0 aliphatic rings. The van der Waals surface area contributed by atoms with Crippen molar-refractivity contribution in [1.82, 2.24) is 4.98 Å². The molecule has 1 rings (SSSR count). The van der Waals surface area contributed by atoms with E-state index < -0.39 is 4.92 Å². The van der Waals surface area contributed by atoms with E-state index in [1.165, 1.54) is 6.20 Å². The van der Waals surface area contributed by atoms with Crippen molar-refractivity contribution in [1.29, 1.82) is 0 Å². The number of rotatable bonds is 7. The highest BCUT2D eigenvalue weighted by Gasteiger charge is 2.17. The molecule has 94 valence electrons. The molecule has 0 saturated carbocycles. The zero-order valence-corrected chi connectivity index (χ0v) is 9.55. The van der Waals surface area contributed by atoms with Gasteiger partial charge in [0.05, 0.1) is 24.7 Å². The highest BCUT2D eigenvalue weighted by molar-refractivity contribution is 5.59. The molecule has 0 atom stereocenters. The van der Waals surface area contributed by atoms with Gasteiger partial charge >= 0.3 is 5.69 Å². The quantitative estimate of drug-likeness (QED) is 0.414. The van der Waals surface area contributed by atoms with Gasteiger partial charge in [0.25, 0.3) is 0 Å². The predicted octanol–water partition coefficient (Wildman–Crippen LogP) is 0.719. The number of pyridine rings is 1. The number of hydrogen-bond acceptors (Lipinski definition) is 6. The molecular formula is C10H15N3O4. The van der Waals surface area contributed by atoms with Gasteiger partial charge in [-0.3, -0.25) is 10.1 Å². The summed E-state index contributed by atoms with van der Waals surface area (Å²) < 4.78 is 5.02. The van der Waals surface area contributed by atoms with Gasteiger partial charge in [0.2, 0.25) is 5.82 Å². The number of aliphatic hydroxyl groups excluding tert-OH is 1. The van der Waals surface area contributed by atoms with Gasteiger partial charge in [-0.15, -0.1) is 0 Å². The fraction of sp³-hybridized carbons (Fsp3) is 0.500. The maximum absolute atomic E-state index is 10.8. The third-order valence-corrected chi connectivity index (χ3v) is 2.08. The molecule has 17 heavy (non-hydrogen) atoms. The Morgan fingerprint density at radius 1 is 1.59 bits per heavy atom. The molecule has 0 aromatic carbocycles. The van der Waals surface area contributed by atoms with Crippen molar-refractivity contribution in [3.8, 4) is 0 Å². The van der Waals surface area contributed by atoms with Crippen LogP contribution in [0.15, 0.2) is 12.3 Å². The largest absolute Gasteiger partial charge is 0.394 e. The number of nitrogens with zero attached hydrogens (tertiary/aromatic N) is 2. The van der Waals surface area contributed by atoms with E-state index in [1.54, 1.807) is 13.0 Å². The Kier molecular flexibility index (Phi) is 5.31. The van der Waals surface area contributed by atoms with Crippen LogP contribution in [0.3, 0.4) is 0 Å². The lowest BCUT2D eigenvalue weighted by Gasteiger charge is -2.07. The van der Waals surface area contributed by atoms with Crippen molar-refractivity contribution in [2.45, 2.75) is 6.92 Å². The molecule has 1 heterocycles. The predicted molar refractivity (Wildman–Crippen MR) is 62.0 cm³/mol. The zero-order valence-electron chi connectivity index (χ0n) is 9.55. The number of aliphatic hydroxyl groups is 1. The van der Waals surface area contributed by atoms with E-state index in [4.69, 9.17) is 9.84 Å². The summed E-state index contributed by atoms with van der Waals surface area (Å²) in [6.45, 7) is 2.63. The Morgan fingerprint density at radius 2 is 2.35 bits per heavy atom. The number of nitrogens with one attached hydrogen (secondary N) is 1. The Labute approximate surface area is 98.6 Å². The Bertz CT molecular complexity index is 384. The van der Waals surface area contributed by atoms with Crippen LogP contribution in [0.4, 0.5) is 11.5 Å². The van der Waals surface area contributed by atoms with Crippen LogP contribution >= 0.6 is 0 Å². The fourth-order valence-electron chi connectivity index (χ4n) is 1.32. The van der Waals surface area contributed by atoms with E-state index in [0.29, 0.717) is 18.7 Å². The molecule has 7 nitrogen and oxygen atoms in total. The molecule has 0 aliphatic carbocycles. The van der Waals surface area contributed by atoms with E-state index in [-0.39, 0.29) is 24.7 Å². The third kappa shape index (κ3) is 3.97. The first kappa shape index (κ1) is 13.3. The van der Waals surface area contributed by atoms with Crippen LogP contribution in [0, 0.1) is 17.0 Å². The van der Waals surface area contributed by atoms with Crippen LogP contribution in [0.2, 0.25) is 0 Å². The Balaban J connectivity index is 2.58. The molecule has 1 aromatic heterocycles. The highest BCUT2D eigenvalue weighted by atomic mass is 16.6. The minimum Gasteiger partial charge on any atom is -0.394 e. The number of ether oxygens (including phenoxy) is 1. The van der Waals surface area contributed by atoms with Gasteiger partial charge in [0, 0.05) is 18.3 Å². The SMILES string of the molecule is Cc1ccnc(NCCOCCO)c1[N+](=O)[O-]. The first-order valence-electron chi connectivity index (χ1n) is 5.19. The van der Waals surface area contributed by atoms with Crippen molar-refractivity contribution in [3.05, 3.63) is 27.9 Å². The van der Waals surface area contributed by atoms with Crippen molar-refractivity contribution in [2.75, 3.05) is 31.7 Å². The topological polar surface area (TPSA) is 97.5 Å². The minimum atomic E-state index is -0.459. The fourth-order valence-corrected chi connectivity index (χ4v) is 1.32. The van der Waals surface area contributed by atoms with Crippen LogP contribution in [0.5, 0.6) is 0 Å². The first-order chi connectivity index (χ1) is 8.16. The van der Waals surface area contributed by atoms with Gasteiger partial charge < -0.3 is 15.2 Å². The van der Waals surface area contributed by atoms with Gasteiger partial charge in [-0.05, 0) is 13.0 Å². The first-order valence-corrected chi connectivity index (χ1v) is 5.19. The summed E-state index contributed by atoms with van der Waals surface area (Å²) in [7, 11) is 0. The van der Waals surface area contributed by atoms with Crippen molar-refractivity contribution in [3.63, 3.8) is 0 Å². The lowest BCUT2D eigenvalue weighted by atomic mass is 10.2. The van der Waals surface area contributed by atoms with E-state index >= 15 is 0 Å². The summed E-state index contributed by atoms with van der Waals surface area (Å²) in [6.07, 6.45) is 1.51. The molecule has 0 aliphatic heterocycles. The Morgan fingerprint density at radius 3 is 3.00 bits per heavy atom. The van der Waals surface area contributed by atoms with Crippen LogP contribution in [0.1, 0.15) is 5.56 Å². The second-order valence-electron chi connectivity index (χ2n) is 3.34. The number of aryl methyl sites for hydroxylation is 1. The van der Waals surface area contributed by atoms with Crippen molar-refractivity contribution >= 4 is 11.5 Å². The van der Waals surface area contributed by atoms with Gasteiger partial charge in [-0.1, -0.05) is 0 Å². The zero-order chi connectivity index (χ0) is 12.7. The van der Waals surface area contributed by atoms with Crippen LogP contribution in [0.25, 0.3) is 0 Å². The van der Waals surface area contributed by atoms with Gasteiger partial charge in [-0.2, -0.15) is 0 Å². The number of nitro groups is 1. The van der Waals surface area contributed by atoms with E-state index in [2.05, 4.69) is 10.3 Å². The maximum Gasteiger partial charge on any atom is 0.314 e. The third-order valence-electron chi connectivity index (χ3n) is 2.08. The molecule has 0 radical (unpaired) electrons. The lowest BCUT2D eigenvalue weighted by molar-refractivity contribution is -0.384. The molecule has 1 aromatic rings. The standard InChI is InChI=1S/C10H15N3O4/c1-8-2-3-11-10(9(8)13(15)16)12-4-6-17-7-5-14/h2-3,14H,4-7H2,1H3,(H,11,12).